The summed E-state index contributed by atoms with van der Waals surface area (Å²) in [4.78, 5) is 13.4. The number of nitrogens with zero attached hydrogens (tertiary/aromatic N) is 4. The van der Waals surface area contributed by atoms with Gasteiger partial charge in [-0.1, -0.05) is 0 Å². The molecule has 94 valence electrons. The molecule has 1 aromatic rings. The molecule has 1 unspecified atom stereocenters. The molecule has 2 heterocycles. The zero-order valence-electron chi connectivity index (χ0n) is 10.6. The molecule has 0 aromatic carbocycles. The lowest BCUT2D eigenvalue weighted by Gasteiger charge is -2.37. The van der Waals surface area contributed by atoms with Crippen LogP contribution < -0.4 is 10.6 Å². The fraction of sp³-hybridized carbons (Fsp3) is 0.667. The molecule has 17 heavy (non-hydrogen) atoms. The van der Waals surface area contributed by atoms with Gasteiger partial charge in [-0.3, -0.25) is 4.90 Å². The van der Waals surface area contributed by atoms with Crippen LogP contribution in [0, 0.1) is 6.92 Å². The Kier molecular flexibility index (Phi) is 3.91. The Morgan fingerprint density at radius 3 is 2.35 bits per heavy atom. The van der Waals surface area contributed by atoms with Gasteiger partial charge >= 0.3 is 0 Å². The van der Waals surface area contributed by atoms with Crippen LogP contribution in [0.4, 0.5) is 5.95 Å². The second kappa shape index (κ2) is 5.42. The van der Waals surface area contributed by atoms with Gasteiger partial charge in [-0.2, -0.15) is 0 Å². The summed E-state index contributed by atoms with van der Waals surface area (Å²) in [6, 6.07) is 0.469. The highest BCUT2D eigenvalue weighted by molar-refractivity contribution is 5.30. The predicted octanol–water partition coefficient (Wildman–Crippen LogP) is 0.254. The Morgan fingerprint density at radius 2 is 1.82 bits per heavy atom. The Balaban J connectivity index is 1.93. The molecular weight excluding hydrogens is 214 g/mol. The van der Waals surface area contributed by atoms with Crippen LogP contribution in [-0.2, 0) is 0 Å². The summed E-state index contributed by atoms with van der Waals surface area (Å²) in [5.74, 6) is 0.843. The quantitative estimate of drug-likeness (QED) is 0.814. The standard InChI is InChI=1S/C12H21N5/c1-10-8-14-12(15-9-10)17-5-3-16(4-6-17)11(2)7-13/h8-9,11H,3-7,13H2,1-2H3. The van der Waals surface area contributed by atoms with Crippen molar-refractivity contribution in [2.45, 2.75) is 19.9 Å². The fourth-order valence-corrected chi connectivity index (χ4v) is 2.06. The van der Waals surface area contributed by atoms with Crippen LogP contribution in [0.1, 0.15) is 12.5 Å². The summed E-state index contributed by atoms with van der Waals surface area (Å²) in [6.45, 7) is 8.94. The summed E-state index contributed by atoms with van der Waals surface area (Å²) in [5.41, 5.74) is 6.79. The van der Waals surface area contributed by atoms with E-state index in [0.717, 1.165) is 44.2 Å². The van der Waals surface area contributed by atoms with Crippen LogP contribution in [0.25, 0.3) is 0 Å². The van der Waals surface area contributed by atoms with Crippen molar-refractivity contribution in [3.8, 4) is 0 Å². The van der Waals surface area contributed by atoms with Crippen molar-refractivity contribution in [1.82, 2.24) is 14.9 Å². The van der Waals surface area contributed by atoms with Gasteiger partial charge < -0.3 is 10.6 Å². The van der Waals surface area contributed by atoms with Crippen molar-refractivity contribution < 1.29 is 0 Å². The Hall–Kier alpha value is -1.20. The number of piperazine rings is 1. The van der Waals surface area contributed by atoms with E-state index >= 15 is 0 Å². The van der Waals surface area contributed by atoms with Gasteiger partial charge in [-0.05, 0) is 19.4 Å². The molecule has 2 rings (SSSR count). The van der Waals surface area contributed by atoms with Gasteiger partial charge in [0.2, 0.25) is 5.95 Å². The molecule has 1 aliphatic heterocycles. The third-order valence-corrected chi connectivity index (χ3v) is 3.33. The lowest BCUT2D eigenvalue weighted by molar-refractivity contribution is 0.200. The van der Waals surface area contributed by atoms with E-state index in [0.29, 0.717) is 6.04 Å². The number of hydrogen-bond donors (Lipinski definition) is 1. The van der Waals surface area contributed by atoms with E-state index in [-0.39, 0.29) is 0 Å². The van der Waals surface area contributed by atoms with Gasteiger partial charge in [0, 0.05) is 51.2 Å². The summed E-state index contributed by atoms with van der Waals surface area (Å²) in [6.07, 6.45) is 3.74. The predicted molar refractivity (Wildman–Crippen MR) is 69.1 cm³/mol. The molecule has 1 fully saturated rings. The van der Waals surface area contributed by atoms with Crippen molar-refractivity contribution in [3.63, 3.8) is 0 Å². The zero-order valence-corrected chi connectivity index (χ0v) is 10.6. The molecule has 0 amide bonds. The minimum Gasteiger partial charge on any atom is -0.338 e. The lowest BCUT2D eigenvalue weighted by atomic mass is 10.2. The van der Waals surface area contributed by atoms with Gasteiger partial charge in [-0.15, -0.1) is 0 Å². The SMILES string of the molecule is Cc1cnc(N2CCN(C(C)CN)CC2)nc1. The Labute approximate surface area is 103 Å². The van der Waals surface area contributed by atoms with Crippen LogP contribution in [0.5, 0.6) is 0 Å². The first-order valence-corrected chi connectivity index (χ1v) is 6.18. The van der Waals surface area contributed by atoms with Gasteiger partial charge in [0.1, 0.15) is 0 Å². The average molecular weight is 235 g/mol. The van der Waals surface area contributed by atoms with E-state index in [1.165, 1.54) is 0 Å². The number of rotatable bonds is 3. The molecule has 1 aromatic heterocycles. The second-order valence-electron chi connectivity index (χ2n) is 4.67. The normalized spacial score (nSPS) is 19.4. The largest absolute Gasteiger partial charge is 0.338 e. The molecule has 5 nitrogen and oxygen atoms in total. The summed E-state index contributed by atoms with van der Waals surface area (Å²) in [5, 5.41) is 0. The highest BCUT2D eigenvalue weighted by Crippen LogP contribution is 2.11. The van der Waals surface area contributed by atoms with Crippen molar-refractivity contribution in [2.75, 3.05) is 37.6 Å². The molecule has 0 aliphatic carbocycles. The maximum Gasteiger partial charge on any atom is 0.225 e. The van der Waals surface area contributed by atoms with E-state index in [1.807, 2.05) is 19.3 Å². The maximum absolute atomic E-state index is 5.69. The fourth-order valence-electron chi connectivity index (χ4n) is 2.06. The number of anilines is 1. The first kappa shape index (κ1) is 12.3. The van der Waals surface area contributed by atoms with Gasteiger partial charge in [0.15, 0.2) is 0 Å². The Morgan fingerprint density at radius 1 is 1.24 bits per heavy atom. The van der Waals surface area contributed by atoms with Crippen molar-refractivity contribution >= 4 is 5.95 Å². The van der Waals surface area contributed by atoms with Crippen LogP contribution in [0.2, 0.25) is 0 Å². The third-order valence-electron chi connectivity index (χ3n) is 3.33. The van der Waals surface area contributed by atoms with Gasteiger partial charge in [-0.25, -0.2) is 9.97 Å². The van der Waals surface area contributed by atoms with Crippen LogP contribution in [0.3, 0.4) is 0 Å². The van der Waals surface area contributed by atoms with Crippen molar-refractivity contribution in [3.05, 3.63) is 18.0 Å². The third kappa shape index (κ3) is 2.92. The van der Waals surface area contributed by atoms with Crippen LogP contribution in [0.15, 0.2) is 12.4 Å². The average Bonchev–Trinajstić information content (AvgIpc) is 2.39. The van der Waals surface area contributed by atoms with Crippen LogP contribution in [-0.4, -0.2) is 53.6 Å². The molecule has 5 heteroatoms. The second-order valence-corrected chi connectivity index (χ2v) is 4.67. The lowest BCUT2D eigenvalue weighted by Crippen LogP contribution is -2.51. The van der Waals surface area contributed by atoms with E-state index in [1.54, 1.807) is 0 Å². The smallest absolute Gasteiger partial charge is 0.225 e. The minimum atomic E-state index is 0.469. The molecule has 0 saturated carbocycles. The van der Waals surface area contributed by atoms with Gasteiger partial charge in [0.05, 0.1) is 0 Å². The molecule has 1 atom stereocenters. The molecule has 0 radical (unpaired) electrons. The number of nitrogens with two attached hydrogens (primary N) is 1. The molecule has 2 N–H and O–H groups in total. The summed E-state index contributed by atoms with van der Waals surface area (Å²) >= 11 is 0. The molecular formula is C12H21N5. The molecule has 1 saturated heterocycles. The van der Waals surface area contributed by atoms with E-state index in [2.05, 4.69) is 26.7 Å². The minimum absolute atomic E-state index is 0.469. The highest BCUT2D eigenvalue weighted by Gasteiger charge is 2.21. The van der Waals surface area contributed by atoms with Crippen LogP contribution >= 0.6 is 0 Å². The first-order valence-electron chi connectivity index (χ1n) is 6.18. The zero-order chi connectivity index (χ0) is 12.3. The maximum atomic E-state index is 5.69. The summed E-state index contributed by atoms with van der Waals surface area (Å²) < 4.78 is 0. The monoisotopic (exact) mass is 235 g/mol. The van der Waals surface area contributed by atoms with E-state index < -0.39 is 0 Å². The highest BCUT2D eigenvalue weighted by atomic mass is 15.3. The van der Waals surface area contributed by atoms with E-state index in [4.69, 9.17) is 5.73 Å². The molecule has 0 bridgehead atoms. The van der Waals surface area contributed by atoms with Gasteiger partial charge in [0.25, 0.3) is 0 Å². The first-order chi connectivity index (χ1) is 8.20. The topological polar surface area (TPSA) is 58.3 Å². The summed E-state index contributed by atoms with van der Waals surface area (Å²) in [7, 11) is 0. The molecule has 1 aliphatic rings. The number of aryl methyl sites for hydroxylation is 1. The number of hydrogen-bond acceptors (Lipinski definition) is 5. The Bertz CT molecular complexity index is 342. The van der Waals surface area contributed by atoms with E-state index in [9.17, 15) is 0 Å². The number of aromatic nitrogens is 2. The van der Waals surface area contributed by atoms with Crippen molar-refractivity contribution in [2.24, 2.45) is 5.73 Å². The van der Waals surface area contributed by atoms with Crippen molar-refractivity contribution in [1.29, 1.82) is 0 Å². The molecule has 0 spiro atoms.